The van der Waals surface area contributed by atoms with Gasteiger partial charge in [0.2, 0.25) is 0 Å². The van der Waals surface area contributed by atoms with Crippen LogP contribution in [0.5, 0.6) is 0 Å². The van der Waals surface area contributed by atoms with Crippen LogP contribution in [-0.2, 0) is 22.2 Å². The van der Waals surface area contributed by atoms with E-state index in [1.54, 1.807) is 0 Å². The van der Waals surface area contributed by atoms with E-state index >= 15 is 0 Å². The lowest BCUT2D eigenvalue weighted by Gasteiger charge is -2.34. The summed E-state index contributed by atoms with van der Waals surface area (Å²) in [4.78, 5) is 11.4. The highest BCUT2D eigenvalue weighted by Crippen LogP contribution is 2.40. The number of Topliss-reactive ketones (excluding diaryl/α,β-unsaturated/α-hetero) is 1. The molecule has 11 heteroatoms. The third-order valence-electron chi connectivity index (χ3n) is 5.47. The molecule has 0 aromatic heterocycles. The van der Waals surface area contributed by atoms with E-state index < -0.39 is 55.1 Å². The molecule has 0 spiro atoms. The fraction of sp³-hybridized carbons (Fsp3) is 0.381. The minimum absolute atomic E-state index is 0.0129. The van der Waals surface area contributed by atoms with Crippen molar-refractivity contribution in [3.05, 3.63) is 65.0 Å². The normalized spacial score (nSPS) is 19.5. The van der Waals surface area contributed by atoms with Crippen LogP contribution in [0.2, 0.25) is 0 Å². The SMILES string of the molecule is O=C(CCC1CC(S(=O)(=O)c2cc(F)cc(C(F)(F)F)c2)C1)c1ccc(C(F)(F)F)cc1. The molecular formula is C21H17F7O3S. The van der Waals surface area contributed by atoms with E-state index in [1.165, 1.54) is 0 Å². The quantitative estimate of drug-likeness (QED) is 0.371. The molecule has 174 valence electrons. The second-order valence-corrected chi connectivity index (χ2v) is 9.94. The van der Waals surface area contributed by atoms with Crippen molar-refractivity contribution >= 4 is 15.6 Å². The smallest absolute Gasteiger partial charge is 0.294 e. The molecule has 0 saturated heterocycles. The highest BCUT2D eigenvalue weighted by Gasteiger charge is 2.41. The summed E-state index contributed by atoms with van der Waals surface area (Å²) in [6.07, 6.45) is -8.95. The lowest BCUT2D eigenvalue weighted by Crippen LogP contribution is -2.36. The van der Waals surface area contributed by atoms with Gasteiger partial charge in [0, 0.05) is 12.0 Å². The molecule has 1 aliphatic rings. The molecule has 0 amide bonds. The number of rotatable bonds is 6. The number of hydrogen-bond donors (Lipinski definition) is 0. The summed E-state index contributed by atoms with van der Waals surface area (Å²) in [6.45, 7) is 0. The van der Waals surface area contributed by atoms with Gasteiger partial charge in [0.1, 0.15) is 5.82 Å². The Morgan fingerprint density at radius 1 is 0.875 bits per heavy atom. The topological polar surface area (TPSA) is 51.2 Å². The lowest BCUT2D eigenvalue weighted by atomic mass is 9.80. The van der Waals surface area contributed by atoms with Gasteiger partial charge in [-0.15, -0.1) is 0 Å². The number of hydrogen-bond acceptors (Lipinski definition) is 3. The number of ketones is 1. The van der Waals surface area contributed by atoms with Crippen LogP contribution in [0.4, 0.5) is 30.7 Å². The first-order valence-electron chi connectivity index (χ1n) is 9.50. The Morgan fingerprint density at radius 3 is 1.97 bits per heavy atom. The van der Waals surface area contributed by atoms with E-state index in [4.69, 9.17) is 0 Å². The van der Waals surface area contributed by atoms with E-state index in [0.29, 0.717) is 12.1 Å². The van der Waals surface area contributed by atoms with E-state index in [1.807, 2.05) is 0 Å². The third-order valence-corrected chi connectivity index (χ3v) is 7.63. The van der Waals surface area contributed by atoms with Crippen LogP contribution in [0.25, 0.3) is 0 Å². The Kier molecular flexibility index (Phi) is 6.43. The van der Waals surface area contributed by atoms with E-state index in [9.17, 15) is 43.9 Å². The van der Waals surface area contributed by atoms with Crippen LogP contribution in [-0.4, -0.2) is 19.5 Å². The van der Waals surface area contributed by atoms with Gasteiger partial charge in [-0.25, -0.2) is 12.8 Å². The highest BCUT2D eigenvalue weighted by atomic mass is 32.2. The van der Waals surface area contributed by atoms with Gasteiger partial charge in [-0.3, -0.25) is 4.79 Å². The molecule has 0 aliphatic heterocycles. The summed E-state index contributed by atoms with van der Waals surface area (Å²) < 4.78 is 115. The maximum absolute atomic E-state index is 13.5. The Labute approximate surface area is 179 Å². The van der Waals surface area contributed by atoms with Crippen LogP contribution < -0.4 is 0 Å². The highest BCUT2D eigenvalue weighted by molar-refractivity contribution is 7.92. The molecule has 0 N–H and O–H groups in total. The Morgan fingerprint density at radius 2 is 1.44 bits per heavy atom. The average Bonchev–Trinajstić information content (AvgIpc) is 2.64. The molecule has 3 nitrogen and oxygen atoms in total. The van der Waals surface area contributed by atoms with Gasteiger partial charge >= 0.3 is 12.4 Å². The summed E-state index contributed by atoms with van der Waals surface area (Å²) >= 11 is 0. The van der Waals surface area contributed by atoms with Gasteiger partial charge in [0.25, 0.3) is 0 Å². The minimum atomic E-state index is -4.90. The summed E-state index contributed by atoms with van der Waals surface area (Å²) in [5.74, 6) is -1.90. The van der Waals surface area contributed by atoms with Crippen molar-refractivity contribution in [2.24, 2.45) is 5.92 Å². The summed E-state index contributed by atoms with van der Waals surface area (Å²) in [6, 6.07) is 4.91. The standard InChI is InChI=1S/C21H17F7O3S/c22-16-9-15(21(26,27)28)10-18(11-16)32(30,31)17-7-12(8-17)1-6-19(29)13-2-4-14(5-3-13)20(23,24)25/h2-5,9-12,17H,1,6-8H2. The van der Waals surface area contributed by atoms with Crippen LogP contribution in [0, 0.1) is 11.7 Å². The van der Waals surface area contributed by atoms with Crippen molar-refractivity contribution in [2.45, 2.75) is 48.2 Å². The molecule has 0 unspecified atom stereocenters. The van der Waals surface area contributed by atoms with Crippen LogP contribution >= 0.6 is 0 Å². The number of carbonyl (C=O) groups excluding carboxylic acids is 1. The predicted molar refractivity (Wildman–Crippen MR) is 100 cm³/mol. The summed E-state index contributed by atoms with van der Waals surface area (Å²) in [5.41, 5.74) is -2.18. The second kappa shape index (κ2) is 8.49. The van der Waals surface area contributed by atoms with Gasteiger partial charge in [0.05, 0.1) is 21.3 Å². The third kappa shape index (κ3) is 5.31. The van der Waals surface area contributed by atoms with E-state index in [0.717, 1.165) is 24.3 Å². The monoisotopic (exact) mass is 482 g/mol. The molecule has 3 rings (SSSR count). The van der Waals surface area contributed by atoms with Crippen molar-refractivity contribution in [1.82, 2.24) is 0 Å². The van der Waals surface area contributed by atoms with E-state index in [2.05, 4.69) is 0 Å². The molecule has 0 atom stereocenters. The molecule has 32 heavy (non-hydrogen) atoms. The van der Waals surface area contributed by atoms with Crippen molar-refractivity contribution in [1.29, 1.82) is 0 Å². The van der Waals surface area contributed by atoms with Crippen LogP contribution in [0.3, 0.4) is 0 Å². The second-order valence-electron chi connectivity index (χ2n) is 7.71. The van der Waals surface area contributed by atoms with Gasteiger partial charge in [-0.1, -0.05) is 12.1 Å². The van der Waals surface area contributed by atoms with Crippen molar-refractivity contribution in [3.8, 4) is 0 Å². The van der Waals surface area contributed by atoms with Crippen molar-refractivity contribution in [2.75, 3.05) is 0 Å². The number of benzene rings is 2. The van der Waals surface area contributed by atoms with Crippen LogP contribution in [0.1, 0.15) is 47.2 Å². The minimum Gasteiger partial charge on any atom is -0.294 e. The molecule has 2 aromatic rings. The molecule has 1 saturated carbocycles. The predicted octanol–water partition coefficient (Wildman–Crippen LogP) is 6.08. The fourth-order valence-corrected chi connectivity index (χ4v) is 5.58. The molecule has 2 aromatic carbocycles. The largest absolute Gasteiger partial charge is 0.416 e. The fourth-order valence-electron chi connectivity index (χ4n) is 3.57. The number of sulfone groups is 1. The maximum atomic E-state index is 13.5. The van der Waals surface area contributed by atoms with Crippen molar-refractivity contribution < 1.29 is 43.9 Å². The van der Waals surface area contributed by atoms with Gasteiger partial charge in [-0.2, -0.15) is 26.3 Å². The first kappa shape index (κ1) is 24.2. The zero-order chi connectivity index (χ0) is 23.9. The van der Waals surface area contributed by atoms with Crippen LogP contribution in [0.15, 0.2) is 47.4 Å². The zero-order valence-corrected chi connectivity index (χ0v) is 17.1. The molecule has 0 radical (unpaired) electrons. The number of alkyl halides is 6. The first-order chi connectivity index (χ1) is 14.7. The Hall–Kier alpha value is -2.43. The molecular weight excluding hydrogens is 465 g/mol. The number of carbonyl (C=O) groups is 1. The lowest BCUT2D eigenvalue weighted by molar-refractivity contribution is -0.138. The summed E-state index contributed by atoms with van der Waals surface area (Å²) in [5, 5.41) is -0.989. The first-order valence-corrected chi connectivity index (χ1v) is 11.0. The summed E-state index contributed by atoms with van der Waals surface area (Å²) in [7, 11) is -4.18. The van der Waals surface area contributed by atoms with Gasteiger partial charge < -0.3 is 0 Å². The Bertz CT molecular complexity index is 1100. The van der Waals surface area contributed by atoms with Gasteiger partial charge in [-0.05, 0) is 55.5 Å². The zero-order valence-electron chi connectivity index (χ0n) is 16.3. The molecule has 1 aliphatic carbocycles. The molecule has 0 bridgehead atoms. The molecule has 1 fully saturated rings. The Balaban J connectivity index is 1.58. The van der Waals surface area contributed by atoms with E-state index in [-0.39, 0.29) is 43.2 Å². The molecule has 0 heterocycles. The van der Waals surface area contributed by atoms with Gasteiger partial charge in [0.15, 0.2) is 15.6 Å². The van der Waals surface area contributed by atoms with Crippen molar-refractivity contribution in [3.63, 3.8) is 0 Å². The average molecular weight is 482 g/mol. The number of halogens is 7. The maximum Gasteiger partial charge on any atom is 0.416 e.